The van der Waals surface area contributed by atoms with Gasteiger partial charge in [0.05, 0.1) is 23.2 Å². The Bertz CT molecular complexity index is 897. The number of aromatic nitrogens is 1. The molecule has 0 unspecified atom stereocenters. The number of hydrogen-bond donors (Lipinski definition) is 1. The number of methoxy groups -OCH3 is 1. The molecule has 0 spiro atoms. The molecule has 0 aliphatic carbocycles. The van der Waals surface area contributed by atoms with Crippen LogP contribution in [0.4, 0.5) is 5.69 Å². The lowest BCUT2D eigenvalue weighted by molar-refractivity contribution is 0.102. The second kappa shape index (κ2) is 6.44. The smallest absolute Gasteiger partial charge is 0.256 e. The van der Waals surface area contributed by atoms with Crippen molar-refractivity contribution in [1.29, 1.82) is 0 Å². The fraction of sp³-hybridized carbons (Fsp3) is 0.0588. The number of benzene rings is 2. The fourth-order valence-corrected chi connectivity index (χ4v) is 2.73. The lowest BCUT2D eigenvalue weighted by Gasteiger charge is -2.10. The number of amides is 1. The number of para-hydroxylation sites is 1. The summed E-state index contributed by atoms with van der Waals surface area (Å²) in [4.78, 5) is 16.8. The summed E-state index contributed by atoms with van der Waals surface area (Å²) < 4.78 is 5.09. The summed E-state index contributed by atoms with van der Waals surface area (Å²) in [5.41, 5.74) is 1.68. The minimum Gasteiger partial charge on any atom is -0.495 e. The van der Waals surface area contributed by atoms with E-state index in [2.05, 4.69) is 10.3 Å². The van der Waals surface area contributed by atoms with E-state index >= 15 is 0 Å². The van der Waals surface area contributed by atoms with Gasteiger partial charge in [0.25, 0.3) is 5.91 Å². The van der Waals surface area contributed by atoms with Crippen LogP contribution in [0.1, 0.15) is 10.4 Å². The van der Waals surface area contributed by atoms with Crippen molar-refractivity contribution in [1.82, 2.24) is 4.98 Å². The Morgan fingerprint density at radius 1 is 1.13 bits per heavy atom. The maximum atomic E-state index is 12.6. The van der Waals surface area contributed by atoms with Gasteiger partial charge in [-0.15, -0.1) is 0 Å². The number of anilines is 1. The average molecular weight is 347 g/mol. The van der Waals surface area contributed by atoms with Crippen LogP contribution in [-0.2, 0) is 0 Å². The Morgan fingerprint density at radius 3 is 2.65 bits per heavy atom. The highest BCUT2D eigenvalue weighted by molar-refractivity contribution is 6.32. The molecule has 0 bridgehead atoms. The normalized spacial score (nSPS) is 10.6. The molecule has 23 heavy (non-hydrogen) atoms. The van der Waals surface area contributed by atoms with E-state index in [4.69, 9.17) is 27.9 Å². The quantitative estimate of drug-likeness (QED) is 0.692. The molecular formula is C17H12Cl2N2O2. The zero-order valence-electron chi connectivity index (χ0n) is 12.1. The van der Waals surface area contributed by atoms with Crippen molar-refractivity contribution in [3.63, 3.8) is 0 Å². The maximum Gasteiger partial charge on any atom is 0.256 e. The van der Waals surface area contributed by atoms with Gasteiger partial charge in [0.15, 0.2) is 0 Å². The Labute approximate surface area is 143 Å². The number of pyridine rings is 1. The van der Waals surface area contributed by atoms with Crippen LogP contribution in [0.15, 0.2) is 48.5 Å². The molecule has 0 saturated heterocycles. The summed E-state index contributed by atoms with van der Waals surface area (Å²) in [6, 6.07) is 13.9. The molecule has 0 aliphatic heterocycles. The lowest BCUT2D eigenvalue weighted by Crippen LogP contribution is -2.12. The van der Waals surface area contributed by atoms with Crippen LogP contribution in [0.2, 0.25) is 10.2 Å². The highest BCUT2D eigenvalue weighted by Gasteiger charge is 2.13. The molecule has 0 fully saturated rings. The maximum absolute atomic E-state index is 12.6. The van der Waals surface area contributed by atoms with E-state index in [0.29, 0.717) is 27.5 Å². The molecule has 0 saturated carbocycles. The first-order valence-corrected chi connectivity index (χ1v) is 7.54. The summed E-state index contributed by atoms with van der Waals surface area (Å²) in [7, 11) is 1.53. The molecule has 3 rings (SSSR count). The molecule has 0 atom stereocenters. The molecule has 4 nitrogen and oxygen atoms in total. The minimum atomic E-state index is -0.285. The van der Waals surface area contributed by atoms with Crippen LogP contribution < -0.4 is 10.1 Å². The number of hydrogen-bond acceptors (Lipinski definition) is 3. The predicted molar refractivity (Wildman–Crippen MR) is 92.7 cm³/mol. The third kappa shape index (κ3) is 3.23. The zero-order chi connectivity index (χ0) is 16.4. The molecule has 6 heteroatoms. The lowest BCUT2D eigenvalue weighted by atomic mass is 10.1. The standard InChI is InChI=1S/C17H12Cl2N2O2/c1-23-15-7-6-10(8-13(15)18)20-17(22)12-9-16(19)21-14-5-3-2-4-11(12)14/h2-9H,1H3,(H,20,22). The molecule has 1 amide bonds. The number of carbonyl (C=O) groups is 1. The number of fused-ring (bicyclic) bond motifs is 1. The molecular weight excluding hydrogens is 335 g/mol. The van der Waals surface area contributed by atoms with Gasteiger partial charge >= 0.3 is 0 Å². The van der Waals surface area contributed by atoms with Gasteiger partial charge in [0, 0.05) is 11.1 Å². The highest BCUT2D eigenvalue weighted by atomic mass is 35.5. The number of ether oxygens (including phenoxy) is 1. The number of halogens is 2. The van der Waals surface area contributed by atoms with Gasteiger partial charge in [-0.2, -0.15) is 0 Å². The highest BCUT2D eigenvalue weighted by Crippen LogP contribution is 2.28. The molecule has 1 aromatic heterocycles. The topological polar surface area (TPSA) is 51.2 Å². The van der Waals surface area contributed by atoms with Gasteiger partial charge in [-0.05, 0) is 30.3 Å². The van der Waals surface area contributed by atoms with Crippen molar-refractivity contribution in [3.8, 4) is 5.75 Å². The second-order valence-corrected chi connectivity index (χ2v) is 5.61. The number of rotatable bonds is 3. The zero-order valence-corrected chi connectivity index (χ0v) is 13.7. The molecule has 2 aromatic carbocycles. The van der Waals surface area contributed by atoms with Crippen LogP contribution in [0, 0.1) is 0 Å². The third-order valence-corrected chi connectivity index (χ3v) is 3.83. The van der Waals surface area contributed by atoms with Crippen molar-refractivity contribution in [2.24, 2.45) is 0 Å². The molecule has 3 aromatic rings. The van der Waals surface area contributed by atoms with Gasteiger partial charge in [-0.3, -0.25) is 4.79 Å². The number of carbonyl (C=O) groups excluding carboxylic acids is 1. The first-order chi connectivity index (χ1) is 11.1. The number of nitrogens with one attached hydrogen (secondary N) is 1. The monoisotopic (exact) mass is 346 g/mol. The van der Waals surface area contributed by atoms with E-state index in [9.17, 15) is 4.79 Å². The van der Waals surface area contributed by atoms with Crippen molar-refractivity contribution in [3.05, 3.63) is 64.3 Å². The molecule has 116 valence electrons. The van der Waals surface area contributed by atoms with Gasteiger partial charge in [-0.25, -0.2) is 4.98 Å². The van der Waals surface area contributed by atoms with Gasteiger partial charge in [-0.1, -0.05) is 41.4 Å². The SMILES string of the molecule is COc1ccc(NC(=O)c2cc(Cl)nc3ccccc23)cc1Cl. The Balaban J connectivity index is 1.96. The van der Waals surface area contributed by atoms with Crippen LogP contribution in [0.3, 0.4) is 0 Å². The fourth-order valence-electron chi connectivity index (χ4n) is 2.27. The number of nitrogens with zero attached hydrogens (tertiary/aromatic N) is 1. The Morgan fingerprint density at radius 2 is 1.91 bits per heavy atom. The first-order valence-electron chi connectivity index (χ1n) is 6.78. The van der Waals surface area contributed by atoms with Crippen LogP contribution >= 0.6 is 23.2 Å². The van der Waals surface area contributed by atoms with E-state index in [-0.39, 0.29) is 11.1 Å². The first kappa shape index (κ1) is 15.6. The van der Waals surface area contributed by atoms with E-state index in [1.807, 2.05) is 24.3 Å². The molecule has 1 N–H and O–H groups in total. The van der Waals surface area contributed by atoms with E-state index < -0.39 is 0 Å². The van der Waals surface area contributed by atoms with Crippen molar-refractivity contribution in [2.45, 2.75) is 0 Å². The largest absolute Gasteiger partial charge is 0.495 e. The van der Waals surface area contributed by atoms with Gasteiger partial charge in [0.2, 0.25) is 0 Å². The van der Waals surface area contributed by atoms with Gasteiger partial charge < -0.3 is 10.1 Å². The molecule has 0 aliphatic rings. The van der Waals surface area contributed by atoms with E-state index in [1.54, 1.807) is 24.3 Å². The summed E-state index contributed by atoms with van der Waals surface area (Å²) in [6.45, 7) is 0. The third-order valence-electron chi connectivity index (χ3n) is 3.34. The van der Waals surface area contributed by atoms with Gasteiger partial charge in [0.1, 0.15) is 10.9 Å². The Kier molecular flexibility index (Phi) is 4.37. The van der Waals surface area contributed by atoms with Crippen LogP contribution in [0.25, 0.3) is 10.9 Å². The Hall–Kier alpha value is -2.30. The summed E-state index contributed by atoms with van der Waals surface area (Å²) in [5.74, 6) is 0.258. The summed E-state index contributed by atoms with van der Waals surface area (Å²) in [6.07, 6.45) is 0. The predicted octanol–water partition coefficient (Wildman–Crippen LogP) is 4.80. The van der Waals surface area contributed by atoms with Crippen molar-refractivity contribution < 1.29 is 9.53 Å². The second-order valence-electron chi connectivity index (χ2n) is 4.81. The molecule has 0 radical (unpaired) electrons. The summed E-state index contributed by atoms with van der Waals surface area (Å²) >= 11 is 12.1. The summed E-state index contributed by atoms with van der Waals surface area (Å²) in [5, 5.41) is 4.22. The van der Waals surface area contributed by atoms with E-state index in [1.165, 1.54) is 7.11 Å². The van der Waals surface area contributed by atoms with E-state index in [0.717, 1.165) is 5.39 Å². The van der Waals surface area contributed by atoms with Crippen LogP contribution in [0.5, 0.6) is 5.75 Å². The molecule has 1 heterocycles. The minimum absolute atomic E-state index is 0.265. The van der Waals surface area contributed by atoms with Crippen molar-refractivity contribution >= 4 is 45.7 Å². The van der Waals surface area contributed by atoms with Crippen LogP contribution in [-0.4, -0.2) is 18.0 Å². The van der Waals surface area contributed by atoms with Crippen molar-refractivity contribution in [2.75, 3.05) is 12.4 Å². The average Bonchev–Trinajstić information content (AvgIpc) is 2.54.